The van der Waals surface area contributed by atoms with Crippen LogP contribution in [-0.2, 0) is 6.42 Å². The van der Waals surface area contributed by atoms with E-state index in [1.165, 1.54) is 11.6 Å². The molecule has 1 amide bonds. The molecule has 0 saturated carbocycles. The third kappa shape index (κ3) is 2.29. The van der Waals surface area contributed by atoms with Gasteiger partial charge in [0, 0.05) is 6.07 Å². The minimum absolute atomic E-state index is 0.108. The molecule has 2 aromatic rings. The van der Waals surface area contributed by atoms with Gasteiger partial charge in [-0.05, 0) is 36.1 Å². The normalized spacial score (nSPS) is 16.8. The van der Waals surface area contributed by atoms with Gasteiger partial charge in [-0.3, -0.25) is 4.79 Å². The number of carbonyl (C=O) groups excluding carboxylic acids is 1. The van der Waals surface area contributed by atoms with Gasteiger partial charge in [-0.25, -0.2) is 8.78 Å². The first-order valence-corrected chi connectivity index (χ1v) is 6.49. The van der Waals surface area contributed by atoms with Gasteiger partial charge in [-0.2, -0.15) is 0 Å². The molecule has 0 spiro atoms. The molecule has 4 heteroatoms. The predicted molar refractivity (Wildman–Crippen MR) is 71.3 cm³/mol. The van der Waals surface area contributed by atoms with E-state index in [9.17, 15) is 13.6 Å². The van der Waals surface area contributed by atoms with E-state index in [1.807, 2.05) is 24.3 Å². The first-order chi connectivity index (χ1) is 9.65. The summed E-state index contributed by atoms with van der Waals surface area (Å²) in [5, 5.41) is 2.81. The first kappa shape index (κ1) is 12.8. The van der Waals surface area contributed by atoms with E-state index in [0.29, 0.717) is 0 Å². The standard InChI is InChI=1S/C16H13F2NO/c17-11-6-7-13(14(18)9-11)16(20)19-15-8-5-10-3-1-2-4-12(10)15/h1-4,6-7,9,15H,5,8H2,(H,19,20)/t15-/m0/s1. The zero-order valence-electron chi connectivity index (χ0n) is 10.7. The van der Waals surface area contributed by atoms with Crippen molar-refractivity contribution >= 4 is 5.91 Å². The summed E-state index contributed by atoms with van der Waals surface area (Å²) < 4.78 is 26.4. The molecule has 0 bridgehead atoms. The predicted octanol–water partition coefficient (Wildman–Crippen LogP) is 3.38. The lowest BCUT2D eigenvalue weighted by Crippen LogP contribution is -2.27. The molecule has 1 aliphatic carbocycles. The molecule has 20 heavy (non-hydrogen) atoms. The van der Waals surface area contributed by atoms with Crippen LogP contribution in [0, 0.1) is 11.6 Å². The van der Waals surface area contributed by atoms with E-state index in [0.717, 1.165) is 30.5 Å². The maximum Gasteiger partial charge on any atom is 0.254 e. The molecule has 0 aliphatic heterocycles. The second kappa shape index (κ2) is 5.04. The van der Waals surface area contributed by atoms with Gasteiger partial charge in [0.25, 0.3) is 5.91 Å². The van der Waals surface area contributed by atoms with Crippen molar-refractivity contribution in [1.82, 2.24) is 5.32 Å². The van der Waals surface area contributed by atoms with Crippen LogP contribution in [0.1, 0.15) is 33.9 Å². The fraction of sp³-hybridized carbons (Fsp3) is 0.188. The Balaban J connectivity index is 1.81. The zero-order valence-corrected chi connectivity index (χ0v) is 10.7. The highest BCUT2D eigenvalue weighted by molar-refractivity contribution is 5.94. The molecule has 0 saturated heterocycles. The zero-order chi connectivity index (χ0) is 14.1. The van der Waals surface area contributed by atoms with Crippen LogP contribution in [0.2, 0.25) is 0 Å². The molecule has 0 fully saturated rings. The number of aryl methyl sites for hydroxylation is 1. The average Bonchev–Trinajstić information content (AvgIpc) is 2.82. The topological polar surface area (TPSA) is 29.1 Å². The molecule has 2 aromatic carbocycles. The highest BCUT2D eigenvalue weighted by Gasteiger charge is 2.24. The van der Waals surface area contributed by atoms with Gasteiger partial charge in [-0.15, -0.1) is 0 Å². The maximum atomic E-state index is 13.6. The molecule has 0 aromatic heterocycles. The van der Waals surface area contributed by atoms with E-state index in [2.05, 4.69) is 5.32 Å². The summed E-state index contributed by atoms with van der Waals surface area (Å²) >= 11 is 0. The summed E-state index contributed by atoms with van der Waals surface area (Å²) in [7, 11) is 0. The number of rotatable bonds is 2. The fourth-order valence-electron chi connectivity index (χ4n) is 2.62. The van der Waals surface area contributed by atoms with Crippen LogP contribution in [0.4, 0.5) is 8.78 Å². The van der Waals surface area contributed by atoms with Gasteiger partial charge in [0.1, 0.15) is 11.6 Å². The van der Waals surface area contributed by atoms with Crippen LogP contribution in [0.25, 0.3) is 0 Å². The second-order valence-corrected chi connectivity index (χ2v) is 4.89. The minimum atomic E-state index is -0.839. The lowest BCUT2D eigenvalue weighted by atomic mass is 10.1. The summed E-state index contributed by atoms with van der Waals surface area (Å²) in [4.78, 5) is 12.1. The summed E-state index contributed by atoms with van der Waals surface area (Å²) in [5.41, 5.74) is 2.15. The summed E-state index contributed by atoms with van der Waals surface area (Å²) in [6.07, 6.45) is 1.70. The van der Waals surface area contributed by atoms with Gasteiger partial charge in [-0.1, -0.05) is 24.3 Å². The summed E-state index contributed by atoms with van der Waals surface area (Å²) in [5.74, 6) is -2.04. The summed E-state index contributed by atoms with van der Waals surface area (Å²) in [6, 6.07) is 10.7. The molecule has 102 valence electrons. The number of halogens is 2. The van der Waals surface area contributed by atoms with Crippen molar-refractivity contribution in [3.63, 3.8) is 0 Å². The Labute approximate surface area is 115 Å². The van der Waals surface area contributed by atoms with Crippen molar-refractivity contribution in [2.24, 2.45) is 0 Å². The Hall–Kier alpha value is -2.23. The number of amides is 1. The van der Waals surface area contributed by atoms with Crippen molar-refractivity contribution < 1.29 is 13.6 Å². The number of fused-ring (bicyclic) bond motifs is 1. The van der Waals surface area contributed by atoms with Crippen LogP contribution < -0.4 is 5.32 Å². The first-order valence-electron chi connectivity index (χ1n) is 6.49. The Morgan fingerprint density at radius 2 is 1.95 bits per heavy atom. The number of carbonyl (C=O) groups is 1. The van der Waals surface area contributed by atoms with E-state index in [1.54, 1.807) is 0 Å². The SMILES string of the molecule is O=C(N[C@H]1CCc2ccccc21)c1ccc(F)cc1F. The third-order valence-corrected chi connectivity index (χ3v) is 3.61. The maximum absolute atomic E-state index is 13.6. The van der Waals surface area contributed by atoms with Gasteiger partial charge >= 0.3 is 0 Å². The van der Waals surface area contributed by atoms with Crippen LogP contribution in [0.15, 0.2) is 42.5 Å². The van der Waals surface area contributed by atoms with Gasteiger partial charge in [0.05, 0.1) is 11.6 Å². The monoisotopic (exact) mass is 273 g/mol. The van der Waals surface area contributed by atoms with Crippen LogP contribution in [0.5, 0.6) is 0 Å². The molecule has 2 nitrogen and oxygen atoms in total. The molecular formula is C16H13F2NO. The Bertz CT molecular complexity index is 669. The van der Waals surface area contributed by atoms with Gasteiger partial charge < -0.3 is 5.32 Å². The molecule has 0 heterocycles. The number of nitrogens with one attached hydrogen (secondary N) is 1. The average molecular weight is 273 g/mol. The van der Waals surface area contributed by atoms with Gasteiger partial charge in [0.15, 0.2) is 0 Å². The van der Waals surface area contributed by atoms with E-state index >= 15 is 0 Å². The molecule has 0 radical (unpaired) electrons. The highest BCUT2D eigenvalue weighted by Crippen LogP contribution is 2.30. The smallest absolute Gasteiger partial charge is 0.254 e. The van der Waals surface area contributed by atoms with Crippen LogP contribution in [0.3, 0.4) is 0 Å². The van der Waals surface area contributed by atoms with Crippen LogP contribution >= 0.6 is 0 Å². The lowest BCUT2D eigenvalue weighted by molar-refractivity contribution is 0.0932. The second-order valence-electron chi connectivity index (χ2n) is 4.89. The molecule has 1 atom stereocenters. The third-order valence-electron chi connectivity index (χ3n) is 3.61. The van der Waals surface area contributed by atoms with Crippen molar-refractivity contribution in [2.75, 3.05) is 0 Å². The minimum Gasteiger partial charge on any atom is -0.345 e. The van der Waals surface area contributed by atoms with Crippen molar-refractivity contribution in [2.45, 2.75) is 18.9 Å². The lowest BCUT2D eigenvalue weighted by Gasteiger charge is -2.14. The Morgan fingerprint density at radius 1 is 1.15 bits per heavy atom. The van der Waals surface area contributed by atoms with E-state index in [-0.39, 0.29) is 11.6 Å². The van der Waals surface area contributed by atoms with Crippen molar-refractivity contribution in [3.05, 3.63) is 70.8 Å². The number of benzene rings is 2. The van der Waals surface area contributed by atoms with Crippen LogP contribution in [-0.4, -0.2) is 5.91 Å². The molecular weight excluding hydrogens is 260 g/mol. The van der Waals surface area contributed by atoms with Crippen molar-refractivity contribution in [3.8, 4) is 0 Å². The van der Waals surface area contributed by atoms with E-state index in [4.69, 9.17) is 0 Å². The number of hydrogen-bond acceptors (Lipinski definition) is 1. The highest BCUT2D eigenvalue weighted by atomic mass is 19.1. The molecule has 1 aliphatic rings. The molecule has 0 unspecified atom stereocenters. The molecule has 1 N–H and O–H groups in total. The molecule has 3 rings (SSSR count). The van der Waals surface area contributed by atoms with Crippen molar-refractivity contribution in [1.29, 1.82) is 0 Å². The Morgan fingerprint density at radius 3 is 2.75 bits per heavy atom. The largest absolute Gasteiger partial charge is 0.345 e. The number of hydrogen-bond donors (Lipinski definition) is 1. The quantitative estimate of drug-likeness (QED) is 0.893. The fourth-order valence-corrected chi connectivity index (χ4v) is 2.62. The Kier molecular flexibility index (Phi) is 3.22. The van der Waals surface area contributed by atoms with E-state index < -0.39 is 17.5 Å². The van der Waals surface area contributed by atoms with Gasteiger partial charge in [0.2, 0.25) is 0 Å². The summed E-state index contributed by atoms with van der Waals surface area (Å²) in [6.45, 7) is 0.